The third-order valence-corrected chi connectivity index (χ3v) is 4.33. The van der Waals surface area contributed by atoms with Crippen LogP contribution in [0.3, 0.4) is 0 Å². The first-order valence-corrected chi connectivity index (χ1v) is 8.11. The number of aliphatic hydroxyl groups excluding tert-OH is 1. The van der Waals surface area contributed by atoms with E-state index in [0.717, 1.165) is 24.4 Å². The van der Waals surface area contributed by atoms with Gasteiger partial charge < -0.3 is 19.6 Å². The summed E-state index contributed by atoms with van der Waals surface area (Å²) < 4.78 is 12.7. The minimum absolute atomic E-state index is 0.0700. The molecule has 2 aromatic heterocycles. The lowest BCUT2D eigenvalue weighted by Gasteiger charge is -2.31. The van der Waals surface area contributed by atoms with Crippen molar-refractivity contribution in [2.24, 2.45) is 0 Å². The van der Waals surface area contributed by atoms with E-state index in [0.29, 0.717) is 24.9 Å². The highest BCUT2D eigenvalue weighted by Crippen LogP contribution is 2.28. The second-order valence-corrected chi connectivity index (χ2v) is 5.99. The van der Waals surface area contributed by atoms with Crippen molar-refractivity contribution in [3.8, 4) is 0 Å². The number of hydrogen-bond donors (Lipinski definition) is 2. The van der Waals surface area contributed by atoms with E-state index < -0.39 is 0 Å². The van der Waals surface area contributed by atoms with Crippen molar-refractivity contribution >= 4 is 0 Å². The lowest BCUT2D eigenvalue weighted by atomic mass is 9.90. The van der Waals surface area contributed by atoms with Crippen molar-refractivity contribution in [3.05, 3.63) is 35.5 Å². The van der Waals surface area contributed by atoms with E-state index in [9.17, 15) is 0 Å². The molecule has 0 spiro atoms. The summed E-state index contributed by atoms with van der Waals surface area (Å²) in [5, 5.41) is 20.9. The number of ether oxygens (including phenoxy) is 1. The Bertz CT molecular complexity index is 610. The van der Waals surface area contributed by atoms with Gasteiger partial charge in [0.05, 0.1) is 25.4 Å². The Balaban J connectivity index is 1.61. The zero-order chi connectivity index (χ0) is 16.1. The number of methoxy groups -OCH3 is 1. The lowest BCUT2D eigenvalue weighted by molar-refractivity contribution is 0.161. The molecule has 7 nitrogen and oxygen atoms in total. The van der Waals surface area contributed by atoms with Crippen LogP contribution in [0.1, 0.15) is 48.9 Å². The predicted octanol–water partition coefficient (Wildman–Crippen LogP) is 1.78. The van der Waals surface area contributed by atoms with Gasteiger partial charge in [-0.1, -0.05) is 18.1 Å². The first-order valence-electron chi connectivity index (χ1n) is 8.11. The van der Waals surface area contributed by atoms with Gasteiger partial charge >= 0.3 is 0 Å². The average molecular weight is 320 g/mol. The summed E-state index contributed by atoms with van der Waals surface area (Å²) in [5.41, 5.74) is 0.615. The predicted molar refractivity (Wildman–Crippen MR) is 83.5 cm³/mol. The molecule has 0 radical (unpaired) electrons. The Morgan fingerprint density at radius 2 is 2.17 bits per heavy atom. The molecule has 1 aliphatic carbocycles. The first-order chi connectivity index (χ1) is 11.3. The van der Waals surface area contributed by atoms with Crippen LogP contribution in [0.15, 0.2) is 22.7 Å². The zero-order valence-corrected chi connectivity index (χ0v) is 13.4. The second-order valence-electron chi connectivity index (χ2n) is 5.99. The molecule has 0 aromatic carbocycles. The highest BCUT2D eigenvalue weighted by atomic mass is 16.5. The van der Waals surface area contributed by atoms with Crippen molar-refractivity contribution in [1.82, 2.24) is 20.3 Å². The molecule has 1 fully saturated rings. The van der Waals surface area contributed by atoms with Gasteiger partial charge in [-0.25, -0.2) is 4.68 Å². The molecule has 0 bridgehead atoms. The number of hydrogen-bond acceptors (Lipinski definition) is 6. The van der Waals surface area contributed by atoms with Gasteiger partial charge in [0.1, 0.15) is 23.8 Å². The molecule has 7 heteroatoms. The van der Waals surface area contributed by atoms with Crippen LogP contribution >= 0.6 is 0 Å². The number of nitrogens with zero attached hydrogens (tertiary/aromatic N) is 3. The summed E-state index contributed by atoms with van der Waals surface area (Å²) in [6.45, 7) is 1.11. The number of furan rings is 1. The summed E-state index contributed by atoms with van der Waals surface area (Å²) in [7, 11) is 1.66. The van der Waals surface area contributed by atoms with Crippen molar-refractivity contribution in [2.75, 3.05) is 7.11 Å². The highest BCUT2D eigenvalue weighted by molar-refractivity contribution is 5.06. The fraction of sp³-hybridized carbons (Fsp3) is 0.625. The summed E-state index contributed by atoms with van der Waals surface area (Å²) in [4.78, 5) is 0. The Labute approximate surface area is 135 Å². The maximum absolute atomic E-state index is 9.16. The number of aliphatic hydroxyl groups is 1. The Kier molecular flexibility index (Phi) is 5.43. The van der Waals surface area contributed by atoms with Gasteiger partial charge in [0.25, 0.3) is 0 Å². The van der Waals surface area contributed by atoms with Crippen molar-refractivity contribution in [3.63, 3.8) is 0 Å². The van der Waals surface area contributed by atoms with Crippen LogP contribution in [0.4, 0.5) is 0 Å². The van der Waals surface area contributed by atoms with Crippen LogP contribution in [-0.4, -0.2) is 33.3 Å². The van der Waals surface area contributed by atoms with E-state index in [1.807, 2.05) is 23.0 Å². The van der Waals surface area contributed by atoms with Gasteiger partial charge in [-0.05, 0) is 25.0 Å². The molecule has 0 amide bonds. The second kappa shape index (κ2) is 7.72. The smallest absolute Gasteiger partial charge is 0.129 e. The monoisotopic (exact) mass is 320 g/mol. The van der Waals surface area contributed by atoms with E-state index in [-0.39, 0.29) is 12.6 Å². The Morgan fingerprint density at radius 3 is 2.96 bits per heavy atom. The number of rotatable bonds is 7. The quantitative estimate of drug-likeness (QED) is 0.809. The number of nitrogens with one attached hydrogen (secondary N) is 1. The van der Waals surface area contributed by atoms with Gasteiger partial charge in [0, 0.05) is 13.2 Å². The van der Waals surface area contributed by atoms with E-state index in [1.165, 1.54) is 12.8 Å². The maximum Gasteiger partial charge on any atom is 0.129 e. The molecule has 126 valence electrons. The molecular weight excluding hydrogens is 296 g/mol. The SMILES string of the molecule is COCc1ccc(CN[C@H]2CCCC[C@H]2n2cc(CO)nn2)o1. The highest BCUT2D eigenvalue weighted by Gasteiger charge is 2.27. The van der Waals surface area contributed by atoms with E-state index in [2.05, 4.69) is 15.6 Å². The molecule has 0 unspecified atom stereocenters. The van der Waals surface area contributed by atoms with E-state index in [1.54, 1.807) is 7.11 Å². The number of aromatic nitrogens is 3. The summed E-state index contributed by atoms with van der Waals surface area (Å²) in [6.07, 6.45) is 6.41. The summed E-state index contributed by atoms with van der Waals surface area (Å²) in [5.74, 6) is 1.75. The van der Waals surface area contributed by atoms with Crippen LogP contribution in [0.25, 0.3) is 0 Å². The molecule has 2 heterocycles. The summed E-state index contributed by atoms with van der Waals surface area (Å²) in [6, 6.07) is 4.53. The Morgan fingerprint density at radius 1 is 1.35 bits per heavy atom. The summed E-state index contributed by atoms with van der Waals surface area (Å²) >= 11 is 0. The van der Waals surface area contributed by atoms with Crippen LogP contribution in [0.5, 0.6) is 0 Å². The van der Waals surface area contributed by atoms with Gasteiger partial charge in [-0.3, -0.25) is 0 Å². The largest absolute Gasteiger partial charge is 0.462 e. The molecule has 2 N–H and O–H groups in total. The fourth-order valence-electron chi connectivity index (χ4n) is 3.18. The van der Waals surface area contributed by atoms with Gasteiger partial charge in [0.2, 0.25) is 0 Å². The fourth-order valence-corrected chi connectivity index (χ4v) is 3.18. The molecule has 3 rings (SSSR count). The van der Waals surface area contributed by atoms with Crippen molar-refractivity contribution < 1.29 is 14.3 Å². The molecule has 2 atom stereocenters. The van der Waals surface area contributed by atoms with Crippen LogP contribution < -0.4 is 5.32 Å². The zero-order valence-electron chi connectivity index (χ0n) is 13.4. The normalized spacial score (nSPS) is 21.7. The third kappa shape index (κ3) is 3.99. The minimum atomic E-state index is -0.0700. The molecule has 23 heavy (non-hydrogen) atoms. The van der Waals surface area contributed by atoms with Gasteiger partial charge in [-0.15, -0.1) is 5.10 Å². The van der Waals surface area contributed by atoms with Crippen molar-refractivity contribution in [1.29, 1.82) is 0 Å². The maximum atomic E-state index is 9.16. The molecule has 2 aromatic rings. The lowest BCUT2D eigenvalue weighted by Crippen LogP contribution is -2.39. The molecule has 1 saturated carbocycles. The van der Waals surface area contributed by atoms with Crippen LogP contribution in [0, 0.1) is 0 Å². The Hall–Kier alpha value is -1.70. The van der Waals surface area contributed by atoms with E-state index in [4.69, 9.17) is 14.3 Å². The third-order valence-electron chi connectivity index (χ3n) is 4.33. The first kappa shape index (κ1) is 16.2. The van der Waals surface area contributed by atoms with Crippen LogP contribution in [-0.2, 0) is 24.5 Å². The molecule has 0 aliphatic heterocycles. The molecule has 1 aliphatic rings. The standard InChI is InChI=1S/C16H24N4O3/c1-22-11-14-7-6-13(23-14)8-17-15-4-2-3-5-16(15)20-9-12(10-21)18-19-20/h6-7,9,15-17,21H,2-5,8,10-11H2,1H3/t15-,16+/m0/s1. The molecular formula is C16H24N4O3. The molecule has 0 saturated heterocycles. The minimum Gasteiger partial charge on any atom is -0.462 e. The van der Waals surface area contributed by atoms with Crippen LogP contribution in [0.2, 0.25) is 0 Å². The topological polar surface area (TPSA) is 85.3 Å². The van der Waals surface area contributed by atoms with E-state index >= 15 is 0 Å². The average Bonchev–Trinajstić information content (AvgIpc) is 3.23. The van der Waals surface area contributed by atoms with Crippen molar-refractivity contribution in [2.45, 2.75) is 57.5 Å². The van der Waals surface area contributed by atoms with Gasteiger partial charge in [0.15, 0.2) is 0 Å². The van der Waals surface area contributed by atoms with Gasteiger partial charge in [-0.2, -0.15) is 0 Å².